The summed E-state index contributed by atoms with van der Waals surface area (Å²) in [5.74, 6) is -1.67. The van der Waals surface area contributed by atoms with Crippen molar-refractivity contribution >= 4 is 45.4 Å². The second kappa shape index (κ2) is 13.8. The SMILES string of the molecule is COC(=O)CCC1CN(S(=O)(=O)c2cc(C(F)(F)F)cnc2OCCCO)c2cc(C=Cc3c(F)cccc3Cl)ccc2O1. The van der Waals surface area contributed by atoms with E-state index >= 15 is 0 Å². The van der Waals surface area contributed by atoms with Gasteiger partial charge in [0.1, 0.15) is 17.7 Å². The number of halogens is 5. The van der Waals surface area contributed by atoms with E-state index in [1.165, 1.54) is 49.6 Å². The van der Waals surface area contributed by atoms with Gasteiger partial charge in [0, 0.05) is 31.2 Å². The van der Waals surface area contributed by atoms with Crippen molar-refractivity contribution in [2.45, 2.75) is 36.4 Å². The zero-order chi connectivity index (χ0) is 32.1. The number of hydrogen-bond donors (Lipinski definition) is 1. The summed E-state index contributed by atoms with van der Waals surface area (Å²) < 4.78 is 100. The molecule has 1 aliphatic heterocycles. The number of aromatic nitrogens is 1. The Kier molecular flexibility index (Phi) is 10.4. The van der Waals surface area contributed by atoms with Crippen LogP contribution in [0.3, 0.4) is 0 Å². The molecule has 0 aliphatic carbocycles. The van der Waals surface area contributed by atoms with E-state index in [0.29, 0.717) is 17.8 Å². The van der Waals surface area contributed by atoms with E-state index in [2.05, 4.69) is 9.72 Å². The zero-order valence-electron chi connectivity index (χ0n) is 23.2. The topological polar surface area (TPSA) is 115 Å². The quantitative estimate of drug-likeness (QED) is 0.120. The third kappa shape index (κ3) is 7.60. The number of methoxy groups -OCH3 is 1. The average Bonchev–Trinajstić information content (AvgIpc) is 2.98. The van der Waals surface area contributed by atoms with Crippen molar-refractivity contribution in [1.82, 2.24) is 4.98 Å². The molecule has 0 saturated carbocycles. The van der Waals surface area contributed by atoms with Crippen LogP contribution in [-0.2, 0) is 25.7 Å². The van der Waals surface area contributed by atoms with Gasteiger partial charge in [-0.3, -0.25) is 9.10 Å². The number of sulfonamides is 1. The molecule has 0 spiro atoms. The van der Waals surface area contributed by atoms with Gasteiger partial charge in [0.2, 0.25) is 5.88 Å². The van der Waals surface area contributed by atoms with Crippen molar-refractivity contribution in [3.63, 3.8) is 0 Å². The van der Waals surface area contributed by atoms with E-state index in [9.17, 15) is 30.8 Å². The number of ether oxygens (including phenoxy) is 3. The van der Waals surface area contributed by atoms with E-state index < -0.39 is 50.4 Å². The number of nitrogens with zero attached hydrogens (tertiary/aromatic N) is 2. The molecule has 44 heavy (non-hydrogen) atoms. The fourth-order valence-electron chi connectivity index (χ4n) is 4.27. The summed E-state index contributed by atoms with van der Waals surface area (Å²) in [4.78, 5) is 14.6. The molecule has 0 bridgehead atoms. The predicted octanol–water partition coefficient (Wildman–Crippen LogP) is 5.73. The number of esters is 1. The maximum absolute atomic E-state index is 14.3. The highest BCUT2D eigenvalue weighted by atomic mass is 35.5. The fourth-order valence-corrected chi connectivity index (χ4v) is 6.11. The van der Waals surface area contributed by atoms with Crippen molar-refractivity contribution in [2.24, 2.45) is 0 Å². The molecule has 1 aliphatic rings. The Hall–Kier alpha value is -3.88. The van der Waals surface area contributed by atoms with Crippen LogP contribution in [0.4, 0.5) is 23.2 Å². The molecule has 236 valence electrons. The molecule has 1 aromatic heterocycles. The van der Waals surface area contributed by atoms with Crippen molar-refractivity contribution in [3.05, 3.63) is 76.2 Å². The van der Waals surface area contributed by atoms with Crippen molar-refractivity contribution in [3.8, 4) is 11.6 Å². The molecule has 0 amide bonds. The summed E-state index contributed by atoms with van der Waals surface area (Å²) in [5, 5.41) is 9.24. The highest BCUT2D eigenvalue weighted by Gasteiger charge is 2.39. The minimum Gasteiger partial charge on any atom is -0.486 e. The number of anilines is 1. The van der Waals surface area contributed by atoms with E-state index in [4.69, 9.17) is 26.2 Å². The Labute approximate surface area is 255 Å². The molecule has 3 aromatic rings. The molecule has 1 N–H and O–H groups in total. The van der Waals surface area contributed by atoms with Gasteiger partial charge in [0.25, 0.3) is 10.0 Å². The van der Waals surface area contributed by atoms with Gasteiger partial charge >= 0.3 is 12.1 Å². The zero-order valence-corrected chi connectivity index (χ0v) is 24.8. The second-order valence-corrected chi connectivity index (χ2v) is 11.8. The maximum atomic E-state index is 14.3. The molecule has 15 heteroatoms. The summed E-state index contributed by atoms with van der Waals surface area (Å²) in [6, 6.07) is 9.01. The van der Waals surface area contributed by atoms with Gasteiger partial charge in [-0.05, 0) is 48.4 Å². The lowest BCUT2D eigenvalue weighted by Crippen LogP contribution is -2.44. The van der Waals surface area contributed by atoms with E-state index in [1.54, 1.807) is 6.07 Å². The minimum absolute atomic E-state index is 0.0279. The summed E-state index contributed by atoms with van der Waals surface area (Å²) in [6.45, 7) is -0.910. The lowest BCUT2D eigenvalue weighted by Gasteiger charge is -2.36. The van der Waals surface area contributed by atoms with E-state index in [0.717, 1.165) is 4.31 Å². The van der Waals surface area contributed by atoms with Crippen molar-refractivity contribution < 1.29 is 50.1 Å². The van der Waals surface area contributed by atoms with Gasteiger partial charge < -0.3 is 19.3 Å². The molecule has 1 unspecified atom stereocenters. The normalized spacial score (nSPS) is 15.2. The number of hydrogen-bond acceptors (Lipinski definition) is 8. The minimum atomic E-state index is -4.92. The van der Waals surface area contributed by atoms with Gasteiger partial charge in [-0.1, -0.05) is 29.8 Å². The van der Waals surface area contributed by atoms with Crippen LogP contribution in [-0.4, -0.2) is 57.4 Å². The standard InChI is InChI=1S/C29H27ClF4N2O7S/c1-41-27(38)11-8-20-17-36(44(39,40)26-15-19(29(32,33)34)16-35-28(26)42-13-3-12-37)24-14-18(7-10-25(24)43-20)6-9-21-22(30)4-2-5-23(21)31/h2,4-7,9-10,14-16,20,37H,3,8,11-13,17H2,1H3. The van der Waals surface area contributed by atoms with Crippen LogP contribution in [0.15, 0.2) is 53.6 Å². The Bertz CT molecular complexity index is 1630. The van der Waals surface area contributed by atoms with E-state index in [1.807, 2.05) is 0 Å². The molecule has 0 radical (unpaired) electrons. The number of benzene rings is 2. The number of rotatable bonds is 11. The molecule has 4 rings (SSSR count). The number of alkyl halides is 3. The monoisotopic (exact) mass is 658 g/mol. The Morgan fingerprint density at radius 2 is 2.00 bits per heavy atom. The third-order valence-electron chi connectivity index (χ3n) is 6.51. The molecule has 9 nitrogen and oxygen atoms in total. The lowest BCUT2D eigenvalue weighted by molar-refractivity contribution is -0.141. The summed E-state index contributed by atoms with van der Waals surface area (Å²) >= 11 is 6.10. The number of aliphatic hydroxyl groups is 1. The van der Waals surface area contributed by atoms with Crippen LogP contribution in [0.1, 0.15) is 36.0 Å². The summed E-state index contributed by atoms with van der Waals surface area (Å²) in [7, 11) is -3.63. The van der Waals surface area contributed by atoms with Gasteiger partial charge in [0.15, 0.2) is 4.90 Å². The smallest absolute Gasteiger partial charge is 0.417 e. The summed E-state index contributed by atoms with van der Waals surface area (Å²) in [5.41, 5.74) is -0.865. The van der Waals surface area contributed by atoms with Crippen LogP contribution < -0.4 is 13.8 Å². The predicted molar refractivity (Wildman–Crippen MR) is 153 cm³/mol. The molecule has 0 fully saturated rings. The number of pyridine rings is 1. The number of fused-ring (bicyclic) bond motifs is 1. The second-order valence-electron chi connectivity index (χ2n) is 9.54. The number of carbonyl (C=O) groups excluding carboxylic acids is 1. The highest BCUT2D eigenvalue weighted by Crippen LogP contribution is 2.41. The largest absolute Gasteiger partial charge is 0.486 e. The van der Waals surface area contributed by atoms with Crippen LogP contribution in [0, 0.1) is 5.82 Å². The molecule has 2 aromatic carbocycles. The first-order valence-electron chi connectivity index (χ1n) is 13.2. The fraction of sp³-hybridized carbons (Fsp3) is 0.310. The Morgan fingerprint density at radius 3 is 2.68 bits per heavy atom. The third-order valence-corrected chi connectivity index (χ3v) is 8.61. The van der Waals surface area contributed by atoms with Crippen molar-refractivity contribution in [1.29, 1.82) is 0 Å². The Morgan fingerprint density at radius 1 is 1.23 bits per heavy atom. The lowest BCUT2D eigenvalue weighted by atomic mass is 10.1. The summed E-state index contributed by atoms with van der Waals surface area (Å²) in [6.07, 6.45) is -2.48. The van der Waals surface area contributed by atoms with Crippen LogP contribution >= 0.6 is 11.6 Å². The van der Waals surface area contributed by atoms with Crippen LogP contribution in [0.2, 0.25) is 5.02 Å². The molecule has 0 saturated heterocycles. The first kappa shape index (κ1) is 33.0. The van der Waals surface area contributed by atoms with Crippen molar-refractivity contribution in [2.75, 3.05) is 31.2 Å². The van der Waals surface area contributed by atoms with Gasteiger partial charge in [0.05, 0.1) is 36.5 Å². The van der Waals surface area contributed by atoms with E-state index in [-0.39, 0.29) is 61.0 Å². The van der Waals surface area contributed by atoms with Crippen LogP contribution in [0.25, 0.3) is 12.2 Å². The Balaban J connectivity index is 1.81. The molecule has 1 atom stereocenters. The number of aliphatic hydroxyl groups excluding tert-OH is 1. The molecule has 2 heterocycles. The average molecular weight is 659 g/mol. The molecular formula is C29H27ClF4N2O7S. The number of carbonyl (C=O) groups is 1. The maximum Gasteiger partial charge on any atom is 0.417 e. The van der Waals surface area contributed by atoms with Gasteiger partial charge in [-0.15, -0.1) is 0 Å². The van der Waals surface area contributed by atoms with Gasteiger partial charge in [-0.2, -0.15) is 13.2 Å². The first-order valence-corrected chi connectivity index (χ1v) is 15.0. The van der Waals surface area contributed by atoms with Crippen LogP contribution in [0.5, 0.6) is 11.6 Å². The van der Waals surface area contributed by atoms with Gasteiger partial charge in [-0.25, -0.2) is 17.8 Å². The first-order chi connectivity index (χ1) is 20.8. The highest BCUT2D eigenvalue weighted by molar-refractivity contribution is 7.93. The molecular weight excluding hydrogens is 632 g/mol.